The van der Waals surface area contributed by atoms with E-state index in [1.54, 1.807) is 31.2 Å². The summed E-state index contributed by atoms with van der Waals surface area (Å²) in [6, 6.07) is 12.7. The Morgan fingerprint density at radius 3 is 2.40 bits per heavy atom. The molecule has 3 aromatic rings. The van der Waals surface area contributed by atoms with Crippen molar-refractivity contribution in [2.45, 2.75) is 13.8 Å². The fourth-order valence-electron chi connectivity index (χ4n) is 2.94. The summed E-state index contributed by atoms with van der Waals surface area (Å²) in [7, 11) is 0. The van der Waals surface area contributed by atoms with E-state index in [9.17, 15) is 18.4 Å². The minimum absolute atomic E-state index is 0.0806. The summed E-state index contributed by atoms with van der Waals surface area (Å²) >= 11 is 6.32. The van der Waals surface area contributed by atoms with Gasteiger partial charge in [0.25, 0.3) is 5.91 Å². The van der Waals surface area contributed by atoms with Gasteiger partial charge in [0.15, 0.2) is 5.78 Å². The molecule has 3 rings (SSSR count). The lowest BCUT2D eigenvalue weighted by Gasteiger charge is -2.12. The number of hydrogen-bond donors (Lipinski definition) is 2. The van der Waals surface area contributed by atoms with Crippen molar-refractivity contribution >= 4 is 34.7 Å². The Bertz CT molecular complexity index is 1130. The van der Waals surface area contributed by atoms with Crippen LogP contribution >= 0.6 is 11.6 Å². The SMILES string of the molecule is CCNC(=O)c1ccc(C)c(C(=O)c2ccc(Nc3ccc(F)cc3F)cc2Cl)c1. The summed E-state index contributed by atoms with van der Waals surface area (Å²) < 4.78 is 26.9. The average molecular weight is 429 g/mol. The van der Waals surface area contributed by atoms with Gasteiger partial charge in [-0.2, -0.15) is 0 Å². The highest BCUT2D eigenvalue weighted by atomic mass is 35.5. The fourth-order valence-corrected chi connectivity index (χ4v) is 3.21. The largest absolute Gasteiger partial charge is 0.353 e. The first kappa shape index (κ1) is 21.5. The lowest BCUT2D eigenvalue weighted by atomic mass is 9.96. The van der Waals surface area contributed by atoms with Gasteiger partial charge in [0.1, 0.15) is 11.6 Å². The standard InChI is InChI=1S/C23H19ClF2N2O2/c1-3-27-23(30)14-5-4-13(2)18(10-14)22(29)17-8-7-16(12-19(17)24)28-21-9-6-15(25)11-20(21)26/h4-12,28H,3H2,1-2H3,(H,27,30). The Hall–Kier alpha value is -3.25. The molecule has 0 aliphatic heterocycles. The van der Waals surface area contributed by atoms with Gasteiger partial charge >= 0.3 is 0 Å². The summed E-state index contributed by atoms with van der Waals surface area (Å²) in [5.41, 5.74) is 2.22. The minimum atomic E-state index is -0.746. The van der Waals surface area contributed by atoms with E-state index in [4.69, 9.17) is 11.6 Å². The zero-order valence-corrected chi connectivity index (χ0v) is 17.1. The Kier molecular flexibility index (Phi) is 6.47. The number of rotatable bonds is 6. The molecule has 0 bridgehead atoms. The molecule has 30 heavy (non-hydrogen) atoms. The molecule has 0 aliphatic carbocycles. The molecule has 0 spiro atoms. The molecule has 0 atom stereocenters. The van der Waals surface area contributed by atoms with E-state index >= 15 is 0 Å². The fraction of sp³-hybridized carbons (Fsp3) is 0.130. The Balaban J connectivity index is 1.88. The number of carbonyl (C=O) groups excluding carboxylic acids is 2. The molecule has 0 aromatic heterocycles. The third-order valence-electron chi connectivity index (χ3n) is 4.51. The third kappa shape index (κ3) is 4.66. The maximum Gasteiger partial charge on any atom is 0.251 e. The van der Waals surface area contributed by atoms with Crippen LogP contribution in [-0.4, -0.2) is 18.2 Å². The smallest absolute Gasteiger partial charge is 0.251 e. The summed E-state index contributed by atoms with van der Waals surface area (Å²) in [5, 5.41) is 5.67. The van der Waals surface area contributed by atoms with E-state index in [-0.39, 0.29) is 28.0 Å². The number of nitrogens with one attached hydrogen (secondary N) is 2. The van der Waals surface area contributed by atoms with Crippen LogP contribution in [0.1, 0.15) is 38.8 Å². The van der Waals surface area contributed by atoms with Crippen molar-refractivity contribution in [3.05, 3.63) is 93.5 Å². The quantitative estimate of drug-likeness (QED) is 0.499. The van der Waals surface area contributed by atoms with Gasteiger partial charge in [0, 0.05) is 35.0 Å². The van der Waals surface area contributed by atoms with Crippen LogP contribution in [0.15, 0.2) is 54.6 Å². The molecule has 154 valence electrons. The number of aryl methyl sites for hydroxylation is 1. The van der Waals surface area contributed by atoms with E-state index < -0.39 is 11.6 Å². The van der Waals surface area contributed by atoms with Crippen molar-refractivity contribution in [3.63, 3.8) is 0 Å². The number of halogens is 3. The van der Waals surface area contributed by atoms with Crippen LogP contribution in [0.2, 0.25) is 5.02 Å². The van der Waals surface area contributed by atoms with Gasteiger partial charge in [-0.05, 0) is 61.9 Å². The van der Waals surface area contributed by atoms with E-state index in [1.165, 1.54) is 18.2 Å². The van der Waals surface area contributed by atoms with Gasteiger partial charge in [-0.25, -0.2) is 8.78 Å². The molecule has 0 saturated heterocycles. The summed E-state index contributed by atoms with van der Waals surface area (Å²) in [6.07, 6.45) is 0. The Morgan fingerprint density at radius 2 is 1.73 bits per heavy atom. The lowest BCUT2D eigenvalue weighted by Crippen LogP contribution is -2.23. The van der Waals surface area contributed by atoms with Gasteiger partial charge in [-0.15, -0.1) is 0 Å². The monoisotopic (exact) mass is 428 g/mol. The van der Waals surface area contributed by atoms with E-state index in [0.29, 0.717) is 28.9 Å². The maximum atomic E-state index is 13.8. The van der Waals surface area contributed by atoms with Gasteiger partial charge in [-0.3, -0.25) is 9.59 Å². The highest BCUT2D eigenvalue weighted by Gasteiger charge is 2.18. The van der Waals surface area contributed by atoms with Crippen molar-refractivity contribution in [3.8, 4) is 0 Å². The first-order valence-electron chi connectivity index (χ1n) is 9.25. The van der Waals surface area contributed by atoms with Gasteiger partial charge in [0.2, 0.25) is 0 Å². The van der Waals surface area contributed by atoms with E-state index in [1.807, 2.05) is 6.92 Å². The van der Waals surface area contributed by atoms with E-state index in [2.05, 4.69) is 10.6 Å². The van der Waals surface area contributed by atoms with Crippen molar-refractivity contribution in [1.82, 2.24) is 5.32 Å². The number of hydrogen-bond acceptors (Lipinski definition) is 3. The molecule has 1 amide bonds. The average Bonchev–Trinajstić information content (AvgIpc) is 2.70. The zero-order valence-electron chi connectivity index (χ0n) is 16.4. The zero-order chi connectivity index (χ0) is 21.8. The molecule has 7 heteroatoms. The molecule has 0 unspecified atom stereocenters. The molecular weight excluding hydrogens is 410 g/mol. The van der Waals surface area contributed by atoms with Crippen LogP contribution in [0.3, 0.4) is 0 Å². The van der Waals surface area contributed by atoms with Crippen molar-refractivity contribution in [2.24, 2.45) is 0 Å². The van der Waals surface area contributed by atoms with Crippen LogP contribution in [-0.2, 0) is 0 Å². The van der Waals surface area contributed by atoms with Crippen LogP contribution in [0, 0.1) is 18.6 Å². The molecule has 0 fully saturated rings. The van der Waals surface area contributed by atoms with Crippen molar-refractivity contribution in [1.29, 1.82) is 0 Å². The van der Waals surface area contributed by atoms with Gasteiger partial charge in [0.05, 0.1) is 10.7 Å². The first-order valence-corrected chi connectivity index (χ1v) is 9.63. The minimum Gasteiger partial charge on any atom is -0.353 e. The lowest BCUT2D eigenvalue weighted by molar-refractivity contribution is 0.0956. The molecule has 0 saturated carbocycles. The summed E-state index contributed by atoms with van der Waals surface area (Å²) in [4.78, 5) is 25.1. The first-order chi connectivity index (χ1) is 14.3. The predicted molar refractivity (Wildman–Crippen MR) is 114 cm³/mol. The number of ketones is 1. The van der Waals surface area contributed by atoms with Crippen molar-refractivity contribution < 1.29 is 18.4 Å². The highest BCUT2D eigenvalue weighted by Crippen LogP contribution is 2.28. The maximum absolute atomic E-state index is 13.8. The van der Waals surface area contributed by atoms with E-state index in [0.717, 1.165) is 12.1 Å². The Labute approximate surface area is 177 Å². The van der Waals surface area contributed by atoms with Crippen LogP contribution in [0.5, 0.6) is 0 Å². The second-order valence-corrected chi connectivity index (χ2v) is 7.07. The second kappa shape index (κ2) is 9.05. The second-order valence-electron chi connectivity index (χ2n) is 6.66. The van der Waals surface area contributed by atoms with Crippen LogP contribution in [0.25, 0.3) is 0 Å². The summed E-state index contributed by atoms with van der Waals surface area (Å²) in [5.74, 6) is -2.02. The molecule has 3 aromatic carbocycles. The third-order valence-corrected chi connectivity index (χ3v) is 4.82. The molecule has 4 nitrogen and oxygen atoms in total. The van der Waals surface area contributed by atoms with Crippen LogP contribution < -0.4 is 10.6 Å². The Morgan fingerprint density at radius 1 is 0.967 bits per heavy atom. The number of carbonyl (C=O) groups is 2. The van der Waals surface area contributed by atoms with Crippen LogP contribution in [0.4, 0.5) is 20.2 Å². The van der Waals surface area contributed by atoms with Gasteiger partial charge in [-0.1, -0.05) is 17.7 Å². The molecule has 0 radical (unpaired) electrons. The number of anilines is 2. The number of benzene rings is 3. The summed E-state index contributed by atoms with van der Waals surface area (Å²) in [6.45, 7) is 4.06. The molecule has 0 heterocycles. The molecular formula is C23H19ClF2N2O2. The highest BCUT2D eigenvalue weighted by molar-refractivity contribution is 6.35. The molecule has 0 aliphatic rings. The van der Waals surface area contributed by atoms with Crippen molar-refractivity contribution in [2.75, 3.05) is 11.9 Å². The predicted octanol–water partition coefficient (Wildman–Crippen LogP) is 5.65. The normalized spacial score (nSPS) is 10.6. The topological polar surface area (TPSA) is 58.2 Å². The van der Waals surface area contributed by atoms with Gasteiger partial charge < -0.3 is 10.6 Å². The number of amides is 1. The molecule has 2 N–H and O–H groups in total.